The van der Waals surface area contributed by atoms with Crippen LogP contribution < -0.4 is 0 Å². The molecule has 0 aliphatic carbocycles. The summed E-state index contributed by atoms with van der Waals surface area (Å²) in [5.41, 5.74) is 0. The highest BCUT2D eigenvalue weighted by Gasteiger charge is 2.55. The van der Waals surface area contributed by atoms with Crippen LogP contribution in [0.2, 0.25) is 0 Å². The lowest BCUT2D eigenvalue weighted by atomic mass is 10.4. The minimum absolute atomic E-state index is 0.0558. The zero-order chi connectivity index (χ0) is 20.4. The normalized spacial score (nSPS) is 11.5. The number of carbonyl (C=O) groups is 4. The van der Waals surface area contributed by atoms with Gasteiger partial charge in [-0.05, 0) is 49.3 Å². The van der Waals surface area contributed by atoms with Crippen molar-refractivity contribution in [3.63, 3.8) is 0 Å². The quantitative estimate of drug-likeness (QED) is 0.153. The Balaban J connectivity index is 5.64. The maximum atomic E-state index is 12.1. The van der Waals surface area contributed by atoms with Crippen LogP contribution in [-0.2, 0) is 38.1 Å². The van der Waals surface area contributed by atoms with E-state index in [0.29, 0.717) is 21.6 Å². The second-order valence-corrected chi connectivity index (χ2v) is 8.38. The summed E-state index contributed by atoms with van der Waals surface area (Å²) < 4.78 is 14.3. The van der Waals surface area contributed by atoms with Gasteiger partial charge in [0.25, 0.3) is 8.41 Å². The summed E-state index contributed by atoms with van der Waals surface area (Å²) >= 11 is 12.2. The van der Waals surface area contributed by atoms with Gasteiger partial charge in [0.05, 0.1) is 26.4 Å². The van der Waals surface area contributed by atoms with Gasteiger partial charge in [-0.2, -0.15) is 0 Å². The first-order valence-electron chi connectivity index (χ1n) is 7.57. The molecule has 0 amide bonds. The molecule has 0 unspecified atom stereocenters. The van der Waals surface area contributed by atoms with Crippen molar-refractivity contribution >= 4 is 68.7 Å². The number of rotatable bonds is 11. The Kier molecular flexibility index (Phi) is 11.4. The highest BCUT2D eigenvalue weighted by atomic mass is 35.5. The van der Waals surface area contributed by atoms with E-state index < -0.39 is 32.3 Å². The van der Waals surface area contributed by atoms with E-state index in [1.54, 1.807) is 0 Å². The molecule has 0 aromatic rings. The van der Waals surface area contributed by atoms with Gasteiger partial charge >= 0.3 is 23.9 Å². The Hall–Kier alpha value is -0.840. The van der Waals surface area contributed by atoms with Gasteiger partial charge in [-0.1, -0.05) is 23.2 Å². The number of hydrogen-bond donors (Lipinski definition) is 0. The summed E-state index contributed by atoms with van der Waals surface area (Å²) in [5, 5.41) is 0. The molecule has 0 fully saturated rings. The van der Waals surface area contributed by atoms with Crippen LogP contribution >= 0.6 is 44.8 Å². The van der Waals surface area contributed by atoms with E-state index in [2.05, 4.69) is 0 Å². The second-order valence-electron chi connectivity index (χ2n) is 4.24. The Morgan fingerprint density at radius 2 is 0.808 bits per heavy atom. The van der Waals surface area contributed by atoms with Crippen molar-refractivity contribution in [3.8, 4) is 0 Å². The van der Waals surface area contributed by atoms with Gasteiger partial charge < -0.3 is 18.9 Å². The smallest absolute Gasteiger partial charge is 0.350 e. The Bertz CT molecular complexity index is 447. The summed E-state index contributed by atoms with van der Waals surface area (Å²) in [6.45, 7) is 5.84. The van der Waals surface area contributed by atoms with Crippen molar-refractivity contribution in [2.45, 2.75) is 36.1 Å². The van der Waals surface area contributed by atoms with Crippen molar-refractivity contribution in [1.82, 2.24) is 0 Å². The standard InChI is InChI=1S/C14H20Cl2O8S2/c1-5-21-9(17)13(15,10(18)22-6-2)25-26-14(16,11(19)23-7-3)12(20)24-8-4/h5-8H2,1-4H3. The van der Waals surface area contributed by atoms with E-state index in [0.717, 1.165) is 0 Å². The lowest BCUT2D eigenvalue weighted by Gasteiger charge is -2.26. The molecular formula is C14H20Cl2O8S2. The van der Waals surface area contributed by atoms with Gasteiger partial charge in [0.2, 0.25) is 0 Å². The highest BCUT2D eigenvalue weighted by Crippen LogP contribution is 2.50. The first-order valence-corrected chi connectivity index (χ1v) is 10.5. The first-order chi connectivity index (χ1) is 12.1. The van der Waals surface area contributed by atoms with E-state index in [-0.39, 0.29) is 26.4 Å². The molecule has 0 atom stereocenters. The number of hydrogen-bond acceptors (Lipinski definition) is 10. The predicted molar refractivity (Wildman–Crippen MR) is 98.9 cm³/mol. The number of halogens is 2. The average Bonchev–Trinajstić information content (AvgIpc) is 2.59. The van der Waals surface area contributed by atoms with Gasteiger partial charge in [-0.25, -0.2) is 19.2 Å². The maximum Gasteiger partial charge on any atom is 0.350 e. The zero-order valence-electron chi connectivity index (χ0n) is 14.7. The molecule has 0 radical (unpaired) electrons. The number of carbonyl (C=O) groups excluding carboxylic acids is 4. The van der Waals surface area contributed by atoms with E-state index in [1.165, 1.54) is 27.7 Å². The topological polar surface area (TPSA) is 105 Å². The molecule has 0 saturated heterocycles. The Labute approximate surface area is 169 Å². The van der Waals surface area contributed by atoms with Crippen molar-refractivity contribution in [2.75, 3.05) is 26.4 Å². The van der Waals surface area contributed by atoms with Crippen molar-refractivity contribution < 1.29 is 38.1 Å². The van der Waals surface area contributed by atoms with Gasteiger partial charge in [0.15, 0.2) is 0 Å². The van der Waals surface area contributed by atoms with Crippen LogP contribution in [-0.4, -0.2) is 58.7 Å². The van der Waals surface area contributed by atoms with Crippen molar-refractivity contribution in [3.05, 3.63) is 0 Å². The van der Waals surface area contributed by atoms with Crippen LogP contribution in [0.25, 0.3) is 0 Å². The number of alkyl halides is 2. The number of ether oxygens (including phenoxy) is 4. The van der Waals surface area contributed by atoms with Crippen molar-refractivity contribution in [1.29, 1.82) is 0 Å². The predicted octanol–water partition coefficient (Wildman–Crippen LogP) is 2.49. The van der Waals surface area contributed by atoms with Gasteiger partial charge in [-0.15, -0.1) is 0 Å². The third-order valence-corrected chi connectivity index (χ3v) is 7.01. The van der Waals surface area contributed by atoms with Crippen LogP contribution in [0.15, 0.2) is 0 Å². The molecule has 12 heteroatoms. The van der Waals surface area contributed by atoms with E-state index >= 15 is 0 Å². The molecule has 0 bridgehead atoms. The lowest BCUT2D eigenvalue weighted by Crippen LogP contribution is -2.44. The van der Waals surface area contributed by atoms with Gasteiger partial charge in [0.1, 0.15) is 0 Å². The van der Waals surface area contributed by atoms with E-state index in [4.69, 9.17) is 42.1 Å². The molecule has 0 aromatic carbocycles. The fourth-order valence-corrected chi connectivity index (χ4v) is 4.34. The lowest BCUT2D eigenvalue weighted by molar-refractivity contribution is -0.156. The minimum atomic E-state index is -2.38. The number of esters is 4. The SMILES string of the molecule is CCOC(=O)C(Cl)(SSC(Cl)(C(=O)OCC)C(=O)OCC)C(=O)OCC. The molecule has 0 aliphatic heterocycles. The monoisotopic (exact) mass is 450 g/mol. The Morgan fingerprint density at radius 3 is 0.962 bits per heavy atom. The molecule has 0 aromatic heterocycles. The minimum Gasteiger partial charge on any atom is -0.464 e. The summed E-state index contributed by atoms with van der Waals surface area (Å²) in [5.74, 6) is -4.48. The molecular weight excluding hydrogens is 431 g/mol. The summed E-state index contributed by atoms with van der Waals surface area (Å²) in [6, 6.07) is 0. The third kappa shape index (κ3) is 6.40. The molecule has 150 valence electrons. The Morgan fingerprint density at radius 1 is 0.615 bits per heavy atom. The van der Waals surface area contributed by atoms with Gasteiger partial charge in [0, 0.05) is 0 Å². The van der Waals surface area contributed by atoms with Crippen LogP contribution in [0.5, 0.6) is 0 Å². The second kappa shape index (κ2) is 11.8. The highest BCUT2D eigenvalue weighted by molar-refractivity contribution is 8.79. The van der Waals surface area contributed by atoms with Crippen molar-refractivity contribution in [2.24, 2.45) is 0 Å². The molecule has 0 saturated carbocycles. The zero-order valence-corrected chi connectivity index (χ0v) is 17.8. The summed E-state index contributed by atoms with van der Waals surface area (Å²) in [4.78, 5) is 48.5. The molecule has 0 rings (SSSR count). The van der Waals surface area contributed by atoms with Crippen LogP contribution in [0, 0.1) is 0 Å². The molecule has 26 heavy (non-hydrogen) atoms. The molecule has 0 N–H and O–H groups in total. The fourth-order valence-electron chi connectivity index (χ4n) is 1.31. The van der Waals surface area contributed by atoms with Crippen LogP contribution in [0.4, 0.5) is 0 Å². The van der Waals surface area contributed by atoms with E-state index in [9.17, 15) is 19.2 Å². The fraction of sp³-hybridized carbons (Fsp3) is 0.714. The first kappa shape index (κ1) is 25.2. The third-order valence-electron chi connectivity index (χ3n) is 2.42. The average molecular weight is 451 g/mol. The van der Waals surface area contributed by atoms with Crippen LogP contribution in [0.1, 0.15) is 27.7 Å². The summed E-state index contributed by atoms with van der Waals surface area (Å²) in [6.07, 6.45) is 0. The molecule has 0 spiro atoms. The summed E-state index contributed by atoms with van der Waals surface area (Å²) in [7, 11) is 0.669. The maximum absolute atomic E-state index is 12.1. The van der Waals surface area contributed by atoms with E-state index in [1.807, 2.05) is 0 Å². The molecule has 0 heterocycles. The van der Waals surface area contributed by atoms with Crippen LogP contribution in [0.3, 0.4) is 0 Å². The molecule has 0 aliphatic rings. The van der Waals surface area contributed by atoms with Gasteiger partial charge in [-0.3, -0.25) is 0 Å². The largest absolute Gasteiger partial charge is 0.464 e. The molecule has 8 nitrogen and oxygen atoms in total.